The maximum atomic E-state index is 13.1. The minimum atomic E-state index is -6.04. The Bertz CT molecular complexity index is 1210. The number of benzene rings is 2. The van der Waals surface area contributed by atoms with Crippen molar-refractivity contribution in [3.63, 3.8) is 0 Å². The highest BCUT2D eigenvalue weighted by Crippen LogP contribution is 2.47. The van der Waals surface area contributed by atoms with E-state index in [1.54, 1.807) is 60.7 Å². The minimum Gasteiger partial charge on any atom is -0.464 e. The number of ether oxygens (including phenoxy) is 1. The van der Waals surface area contributed by atoms with Gasteiger partial charge >= 0.3 is 21.6 Å². The van der Waals surface area contributed by atoms with Gasteiger partial charge in [0.25, 0.3) is 8.32 Å². The molecule has 0 amide bonds. The molecule has 0 bridgehead atoms. The highest BCUT2D eigenvalue weighted by atomic mass is 32.2. The largest absolute Gasteiger partial charge is 0.523 e. The smallest absolute Gasteiger partial charge is 0.464 e. The number of rotatable bonds is 8. The fraction of sp³-hybridized carbons (Fsp3) is 0.500. The van der Waals surface area contributed by atoms with Gasteiger partial charge in [-0.1, -0.05) is 81.4 Å². The zero-order chi connectivity index (χ0) is 29.3. The zero-order valence-electron chi connectivity index (χ0n) is 22.1. The van der Waals surface area contributed by atoms with Crippen LogP contribution in [0.1, 0.15) is 47.0 Å². The number of halogens is 3. The lowest BCUT2D eigenvalue weighted by atomic mass is 9.78. The fourth-order valence-corrected chi connectivity index (χ4v) is 10.3. The molecule has 8 nitrogen and oxygen atoms in total. The molecular formula is C26H33F3O8SSi. The summed E-state index contributed by atoms with van der Waals surface area (Å²) in [6, 6.07) is 17.6. The molecule has 3 atom stereocenters. The summed E-state index contributed by atoms with van der Waals surface area (Å²) >= 11 is 0. The van der Waals surface area contributed by atoms with Crippen LogP contribution in [0.4, 0.5) is 13.2 Å². The molecule has 1 aliphatic carbocycles. The zero-order valence-corrected chi connectivity index (χ0v) is 23.9. The lowest BCUT2D eigenvalue weighted by Gasteiger charge is -2.53. The Morgan fingerprint density at radius 3 is 1.90 bits per heavy atom. The first-order chi connectivity index (χ1) is 17.9. The van der Waals surface area contributed by atoms with E-state index >= 15 is 0 Å². The lowest BCUT2D eigenvalue weighted by molar-refractivity contribution is -0.288. The summed E-state index contributed by atoms with van der Waals surface area (Å²) in [5.41, 5.74) is -8.45. The van der Waals surface area contributed by atoms with E-state index in [4.69, 9.17) is 9.16 Å². The molecule has 2 aromatic rings. The summed E-state index contributed by atoms with van der Waals surface area (Å²) in [6.07, 6.45) is -3.90. The van der Waals surface area contributed by atoms with Crippen LogP contribution in [0.2, 0.25) is 5.04 Å². The van der Waals surface area contributed by atoms with E-state index in [2.05, 4.69) is 4.18 Å². The van der Waals surface area contributed by atoms with Crippen LogP contribution in [-0.2, 0) is 28.3 Å². The summed E-state index contributed by atoms with van der Waals surface area (Å²) in [5.74, 6) is -4.14. The number of carbonyl (C=O) groups is 1. The molecule has 0 saturated heterocycles. The third kappa shape index (κ3) is 5.79. The van der Waals surface area contributed by atoms with E-state index in [-0.39, 0.29) is 6.61 Å². The molecule has 13 heteroatoms. The van der Waals surface area contributed by atoms with Crippen molar-refractivity contribution in [1.29, 1.82) is 0 Å². The molecule has 3 rings (SSSR count). The Balaban J connectivity index is 2.25. The molecule has 0 radical (unpaired) electrons. The molecule has 39 heavy (non-hydrogen) atoms. The van der Waals surface area contributed by atoms with Crippen LogP contribution in [0.25, 0.3) is 0 Å². The first-order valence-corrected chi connectivity index (χ1v) is 15.7. The summed E-state index contributed by atoms with van der Waals surface area (Å²) in [7, 11) is -9.78. The van der Waals surface area contributed by atoms with Gasteiger partial charge in [-0.3, -0.25) is 4.18 Å². The van der Waals surface area contributed by atoms with E-state index in [0.717, 1.165) is 0 Å². The molecule has 2 aromatic carbocycles. The predicted octanol–water partition coefficient (Wildman–Crippen LogP) is 2.96. The number of hydrogen-bond donors (Lipinski definition) is 2. The first-order valence-electron chi connectivity index (χ1n) is 12.4. The Morgan fingerprint density at radius 1 is 1.00 bits per heavy atom. The lowest BCUT2D eigenvalue weighted by Crippen LogP contribution is -2.75. The number of hydrogen-bond acceptors (Lipinski definition) is 8. The van der Waals surface area contributed by atoms with Crippen molar-refractivity contribution in [3.05, 3.63) is 60.7 Å². The highest BCUT2D eigenvalue weighted by Gasteiger charge is 2.66. The second-order valence-electron chi connectivity index (χ2n) is 10.5. The van der Waals surface area contributed by atoms with Crippen molar-refractivity contribution in [1.82, 2.24) is 0 Å². The topological polar surface area (TPSA) is 119 Å². The molecule has 216 valence electrons. The van der Waals surface area contributed by atoms with Crippen LogP contribution in [0.3, 0.4) is 0 Å². The average Bonchev–Trinajstić information content (AvgIpc) is 2.84. The van der Waals surface area contributed by atoms with Crippen LogP contribution < -0.4 is 10.4 Å². The minimum absolute atomic E-state index is 0.168. The van der Waals surface area contributed by atoms with Crippen molar-refractivity contribution in [3.8, 4) is 0 Å². The van der Waals surface area contributed by atoms with Gasteiger partial charge in [0.2, 0.25) is 5.60 Å². The van der Waals surface area contributed by atoms with Gasteiger partial charge in [0.1, 0.15) is 0 Å². The molecule has 0 aromatic heterocycles. The van der Waals surface area contributed by atoms with Crippen molar-refractivity contribution < 1.29 is 49.9 Å². The van der Waals surface area contributed by atoms with Crippen LogP contribution in [0, 0.1) is 0 Å². The number of esters is 1. The Labute approximate surface area is 227 Å². The van der Waals surface area contributed by atoms with Crippen LogP contribution in [0.5, 0.6) is 0 Å². The standard InChI is InChI=1S/C26H33F3O8SSi/c1-5-35-22(30)24(31)17-16-19(36-38(33,34)26(27,28)29)18-25(24,32)37-39(23(2,3)4,20-12-8-6-9-13-20)21-14-10-7-11-15-21/h6-15,19,31-32H,5,16-18H2,1-4H3. The van der Waals surface area contributed by atoms with Crippen molar-refractivity contribution in [2.45, 2.75) is 75.0 Å². The second kappa shape index (κ2) is 10.9. The van der Waals surface area contributed by atoms with E-state index < -0.39 is 71.7 Å². The Hall–Kier alpha value is -2.29. The van der Waals surface area contributed by atoms with Crippen molar-refractivity contribution in [2.75, 3.05) is 6.61 Å². The fourth-order valence-electron chi connectivity index (χ4n) is 5.00. The van der Waals surface area contributed by atoms with Crippen LogP contribution >= 0.6 is 0 Å². The normalized spacial score (nSPS) is 24.8. The summed E-state index contributed by atoms with van der Waals surface area (Å²) in [6.45, 7) is 6.84. The van der Waals surface area contributed by atoms with E-state index in [9.17, 15) is 36.6 Å². The average molecular weight is 591 g/mol. The van der Waals surface area contributed by atoms with Gasteiger partial charge in [0.15, 0.2) is 5.79 Å². The van der Waals surface area contributed by atoms with E-state index in [1.807, 2.05) is 20.8 Å². The molecule has 1 fully saturated rings. The van der Waals surface area contributed by atoms with Gasteiger partial charge in [-0.15, -0.1) is 0 Å². The molecule has 1 aliphatic rings. The molecule has 3 unspecified atom stereocenters. The number of aliphatic hydroxyl groups is 2. The van der Waals surface area contributed by atoms with Gasteiger partial charge in [-0.2, -0.15) is 21.6 Å². The number of carbonyl (C=O) groups excluding carboxylic acids is 1. The van der Waals surface area contributed by atoms with E-state index in [0.29, 0.717) is 10.4 Å². The van der Waals surface area contributed by atoms with Gasteiger partial charge in [-0.05, 0) is 35.2 Å². The van der Waals surface area contributed by atoms with E-state index in [1.165, 1.54) is 6.92 Å². The molecule has 2 N–H and O–H groups in total. The third-order valence-electron chi connectivity index (χ3n) is 6.88. The molecule has 0 aliphatic heterocycles. The summed E-state index contributed by atoms with van der Waals surface area (Å²) in [4.78, 5) is 13.1. The SMILES string of the molecule is CCOC(=O)C1(O)CCC(OS(=O)(=O)C(F)(F)F)CC1(O)O[Si](c1ccccc1)(c1ccccc1)C(C)(C)C. The Morgan fingerprint density at radius 2 is 1.49 bits per heavy atom. The van der Waals surface area contributed by atoms with Gasteiger partial charge in [-0.25, -0.2) is 4.79 Å². The maximum absolute atomic E-state index is 13.1. The third-order valence-corrected chi connectivity index (χ3v) is 13.0. The van der Waals surface area contributed by atoms with Crippen molar-refractivity contribution in [2.24, 2.45) is 0 Å². The van der Waals surface area contributed by atoms with Crippen LogP contribution in [-0.4, -0.2) is 62.5 Å². The summed E-state index contributed by atoms with van der Waals surface area (Å²) < 4.78 is 79.0. The second-order valence-corrected chi connectivity index (χ2v) is 16.3. The quantitative estimate of drug-likeness (QED) is 0.158. The number of alkyl halides is 3. The van der Waals surface area contributed by atoms with Crippen LogP contribution in [0.15, 0.2) is 60.7 Å². The highest BCUT2D eigenvalue weighted by molar-refractivity contribution is 7.87. The van der Waals surface area contributed by atoms with Gasteiger partial charge < -0.3 is 19.4 Å². The van der Waals surface area contributed by atoms with Gasteiger partial charge in [0, 0.05) is 6.42 Å². The van der Waals surface area contributed by atoms with Gasteiger partial charge in [0.05, 0.1) is 12.7 Å². The predicted molar refractivity (Wildman–Crippen MR) is 139 cm³/mol. The molecule has 1 saturated carbocycles. The summed E-state index contributed by atoms with van der Waals surface area (Å²) in [5, 5.41) is 24.2. The molecule has 0 spiro atoms. The Kier molecular flexibility index (Phi) is 8.76. The molecule has 0 heterocycles. The monoisotopic (exact) mass is 590 g/mol. The van der Waals surface area contributed by atoms with Crippen molar-refractivity contribution >= 4 is 34.8 Å². The maximum Gasteiger partial charge on any atom is 0.523 e. The molecular weight excluding hydrogens is 557 g/mol. The first kappa shape index (κ1) is 31.2.